The van der Waals surface area contributed by atoms with Gasteiger partial charge in [0.05, 0.1) is 5.69 Å². The molecule has 0 fully saturated rings. The molecule has 0 heterocycles. The minimum absolute atomic E-state index is 0.0370. The van der Waals surface area contributed by atoms with Gasteiger partial charge in [-0.2, -0.15) is 21.9 Å². The number of hydrogen-bond acceptors (Lipinski definition) is 8. The van der Waals surface area contributed by atoms with Gasteiger partial charge in [0.15, 0.2) is 0 Å². The summed E-state index contributed by atoms with van der Waals surface area (Å²) >= 11 is 0. The molecule has 0 atom stereocenters. The topological polar surface area (TPSA) is 163 Å². The predicted octanol–water partition coefficient (Wildman–Crippen LogP) is 3.39. The van der Waals surface area contributed by atoms with Crippen LogP contribution in [0, 0.1) is 0 Å². The van der Waals surface area contributed by atoms with E-state index in [1.54, 1.807) is 30.3 Å². The van der Waals surface area contributed by atoms with Gasteiger partial charge in [-0.15, -0.1) is 5.11 Å². The molecule has 0 saturated heterocycles. The van der Waals surface area contributed by atoms with E-state index in [0.717, 1.165) is 18.2 Å². The van der Waals surface area contributed by atoms with Gasteiger partial charge in [0.2, 0.25) is 0 Å². The quantitative estimate of drug-likeness (QED) is 0.414. The molecule has 3 aromatic rings. The van der Waals surface area contributed by atoms with Crippen LogP contribution in [0.3, 0.4) is 0 Å². The first-order valence-electron chi connectivity index (χ1n) is 7.45. The van der Waals surface area contributed by atoms with Crippen molar-refractivity contribution in [1.82, 2.24) is 0 Å². The van der Waals surface area contributed by atoms with Crippen molar-refractivity contribution in [3.63, 3.8) is 0 Å². The van der Waals surface area contributed by atoms with E-state index in [4.69, 9.17) is 4.55 Å². The van der Waals surface area contributed by atoms with Crippen molar-refractivity contribution in [2.24, 2.45) is 10.2 Å². The van der Waals surface area contributed by atoms with E-state index in [-0.39, 0.29) is 16.5 Å². The Balaban J connectivity index is 2.25. The van der Waals surface area contributed by atoms with Crippen molar-refractivity contribution >= 4 is 42.7 Å². The molecule has 12 heteroatoms. The van der Waals surface area contributed by atoms with Gasteiger partial charge >= 0.3 is 10.4 Å². The van der Waals surface area contributed by atoms with E-state index in [1.807, 2.05) is 0 Å². The summed E-state index contributed by atoms with van der Waals surface area (Å²) in [6.07, 6.45) is 0. The van der Waals surface area contributed by atoms with Gasteiger partial charge < -0.3 is 9.29 Å². The fourth-order valence-electron chi connectivity index (χ4n) is 2.44. The summed E-state index contributed by atoms with van der Waals surface area (Å²) in [5, 5.41) is 17.9. The summed E-state index contributed by atoms with van der Waals surface area (Å²) in [7, 11) is -9.66. The van der Waals surface area contributed by atoms with Crippen molar-refractivity contribution in [1.29, 1.82) is 0 Å². The molecule has 0 amide bonds. The van der Waals surface area contributed by atoms with Crippen LogP contribution in [0.5, 0.6) is 11.5 Å². The van der Waals surface area contributed by atoms with Gasteiger partial charge in [0.1, 0.15) is 22.1 Å². The van der Waals surface area contributed by atoms with Crippen LogP contribution in [0.25, 0.3) is 10.8 Å². The highest BCUT2D eigenvalue weighted by Crippen LogP contribution is 2.41. The predicted molar refractivity (Wildman–Crippen MR) is 98.2 cm³/mol. The summed E-state index contributed by atoms with van der Waals surface area (Å²) in [5.74, 6) is -1.00. The largest absolute Gasteiger partial charge is 0.506 e. The second kappa shape index (κ2) is 7.16. The van der Waals surface area contributed by atoms with Crippen LogP contribution in [0.2, 0.25) is 0 Å². The first-order chi connectivity index (χ1) is 13.0. The second-order valence-electron chi connectivity index (χ2n) is 5.47. The third kappa shape index (κ3) is 4.43. The van der Waals surface area contributed by atoms with E-state index < -0.39 is 36.9 Å². The summed E-state index contributed by atoms with van der Waals surface area (Å²) in [6, 6.07) is 12.5. The summed E-state index contributed by atoms with van der Waals surface area (Å²) < 4.78 is 67.7. The van der Waals surface area contributed by atoms with Crippen molar-refractivity contribution in [3.8, 4) is 11.5 Å². The van der Waals surface area contributed by atoms with Crippen molar-refractivity contribution in [2.75, 3.05) is 0 Å². The Kier molecular flexibility index (Phi) is 5.04. The average molecular weight is 424 g/mol. The maximum absolute atomic E-state index is 11.7. The van der Waals surface area contributed by atoms with Gasteiger partial charge in [0, 0.05) is 16.8 Å². The standard InChI is InChI=1S/C16H12N2O8S2/c19-14-9-15(27(20,21)22)13-8-11(26-28(23,24)25)6-7-12(13)16(14)18-17-10-4-2-1-3-5-10/h1-9,19H,(H,20,21,22)(H,23,24,25). The molecule has 0 aliphatic carbocycles. The van der Waals surface area contributed by atoms with E-state index in [2.05, 4.69) is 14.4 Å². The molecule has 146 valence electrons. The van der Waals surface area contributed by atoms with Crippen LogP contribution in [0.4, 0.5) is 11.4 Å². The van der Waals surface area contributed by atoms with Crippen LogP contribution in [-0.4, -0.2) is 31.0 Å². The Bertz CT molecular complexity index is 1290. The van der Waals surface area contributed by atoms with Crippen LogP contribution < -0.4 is 4.18 Å². The number of aromatic hydroxyl groups is 1. The van der Waals surface area contributed by atoms with Gasteiger partial charge in [0.25, 0.3) is 10.1 Å². The summed E-state index contributed by atoms with van der Waals surface area (Å²) in [5.41, 5.74) is 0.338. The lowest BCUT2D eigenvalue weighted by Crippen LogP contribution is -2.06. The van der Waals surface area contributed by atoms with E-state index in [1.165, 1.54) is 6.07 Å². The molecular formula is C16H12N2O8S2. The number of nitrogens with zero attached hydrogens (tertiary/aromatic N) is 2. The lowest BCUT2D eigenvalue weighted by atomic mass is 10.1. The van der Waals surface area contributed by atoms with Gasteiger partial charge in [-0.3, -0.25) is 9.11 Å². The van der Waals surface area contributed by atoms with Gasteiger partial charge in [-0.05, 0) is 30.3 Å². The minimum Gasteiger partial charge on any atom is -0.506 e. The SMILES string of the molecule is O=S(=O)(O)Oc1ccc2c(N=Nc3ccccc3)c(O)cc(S(=O)(=O)O)c2c1. The van der Waals surface area contributed by atoms with Crippen molar-refractivity contribution in [2.45, 2.75) is 4.90 Å². The Hall–Kier alpha value is -3.06. The van der Waals surface area contributed by atoms with Gasteiger partial charge in [-0.25, -0.2) is 0 Å². The van der Waals surface area contributed by atoms with E-state index in [0.29, 0.717) is 5.69 Å². The van der Waals surface area contributed by atoms with Crippen LogP contribution in [0.15, 0.2) is 69.7 Å². The molecule has 0 radical (unpaired) electrons. The highest BCUT2D eigenvalue weighted by atomic mass is 32.3. The molecule has 10 nitrogen and oxygen atoms in total. The number of phenols is 1. The number of benzene rings is 3. The number of fused-ring (bicyclic) bond motifs is 1. The molecule has 0 spiro atoms. The van der Waals surface area contributed by atoms with Crippen LogP contribution in [-0.2, 0) is 20.5 Å². The summed E-state index contributed by atoms with van der Waals surface area (Å²) in [6.45, 7) is 0. The second-order valence-corrected chi connectivity index (χ2v) is 7.88. The molecule has 3 rings (SSSR count). The smallest absolute Gasteiger partial charge is 0.446 e. The van der Waals surface area contributed by atoms with Crippen LogP contribution >= 0.6 is 0 Å². The fraction of sp³-hybridized carbons (Fsp3) is 0. The number of hydrogen-bond donors (Lipinski definition) is 3. The molecular weight excluding hydrogens is 412 g/mol. The normalized spacial score (nSPS) is 12.5. The molecule has 28 heavy (non-hydrogen) atoms. The first kappa shape index (κ1) is 19.7. The fourth-order valence-corrected chi connectivity index (χ4v) is 3.49. The third-order valence-corrected chi connectivity index (χ3v) is 4.82. The zero-order valence-corrected chi connectivity index (χ0v) is 15.4. The lowest BCUT2D eigenvalue weighted by molar-refractivity contribution is 0.387. The van der Waals surface area contributed by atoms with E-state index >= 15 is 0 Å². The average Bonchev–Trinajstić information content (AvgIpc) is 2.59. The van der Waals surface area contributed by atoms with Crippen molar-refractivity contribution in [3.05, 3.63) is 54.6 Å². The maximum Gasteiger partial charge on any atom is 0.446 e. The number of rotatable bonds is 5. The Morgan fingerprint density at radius 3 is 2.11 bits per heavy atom. The number of azo groups is 1. The minimum atomic E-state index is -4.86. The highest BCUT2D eigenvalue weighted by Gasteiger charge is 2.21. The molecule has 0 bridgehead atoms. The molecule has 0 aliphatic heterocycles. The van der Waals surface area contributed by atoms with Gasteiger partial charge in [-0.1, -0.05) is 18.2 Å². The molecule has 0 unspecified atom stereocenters. The molecule has 0 aliphatic rings. The molecule has 0 aromatic heterocycles. The molecule has 3 aromatic carbocycles. The van der Waals surface area contributed by atoms with Crippen molar-refractivity contribution < 1.29 is 35.2 Å². The summed E-state index contributed by atoms with van der Waals surface area (Å²) in [4.78, 5) is -0.709. The lowest BCUT2D eigenvalue weighted by Gasteiger charge is -2.10. The highest BCUT2D eigenvalue weighted by molar-refractivity contribution is 7.86. The Morgan fingerprint density at radius 1 is 0.821 bits per heavy atom. The molecule has 3 N–H and O–H groups in total. The van der Waals surface area contributed by atoms with E-state index in [9.17, 15) is 26.5 Å². The maximum atomic E-state index is 11.7. The molecule has 0 saturated carbocycles. The Morgan fingerprint density at radius 2 is 1.50 bits per heavy atom. The Labute approximate surface area is 159 Å². The zero-order valence-electron chi connectivity index (χ0n) is 13.8. The monoisotopic (exact) mass is 424 g/mol. The first-order valence-corrected chi connectivity index (χ1v) is 10.3. The van der Waals surface area contributed by atoms with Crippen LogP contribution in [0.1, 0.15) is 0 Å². The number of phenolic OH excluding ortho intramolecular Hbond substituents is 1. The third-order valence-electron chi connectivity index (χ3n) is 3.52. The zero-order chi connectivity index (χ0) is 20.5.